The molecule has 2 aromatic carbocycles. The van der Waals surface area contributed by atoms with Gasteiger partial charge < -0.3 is 26.0 Å². The van der Waals surface area contributed by atoms with E-state index < -0.39 is 28.1 Å². The minimum Gasteiger partial charge on any atom is -0.397 e. The molecule has 9 nitrogen and oxygen atoms in total. The molecular weight excluding hydrogens is 509 g/mol. The van der Waals surface area contributed by atoms with E-state index >= 15 is 0 Å². The molecule has 38 heavy (non-hydrogen) atoms. The minimum atomic E-state index is -3.71. The van der Waals surface area contributed by atoms with E-state index in [1.54, 1.807) is 43.3 Å². The van der Waals surface area contributed by atoms with Crippen molar-refractivity contribution in [1.82, 2.24) is 0 Å². The van der Waals surface area contributed by atoms with E-state index in [9.17, 15) is 17.6 Å². The quantitative estimate of drug-likeness (QED) is 0.374. The van der Waals surface area contributed by atoms with E-state index in [4.69, 9.17) is 10.8 Å². The van der Waals surface area contributed by atoms with Crippen LogP contribution in [0.5, 0.6) is 0 Å². The fraction of sp³-hybridized carbons (Fsp3) is 0.519. The smallest absolute Gasteiger partial charge is 0.257 e. The monoisotopic (exact) mass is 545 g/mol. The maximum Gasteiger partial charge on any atom is 0.257 e. The number of nitrogen functional groups attached to an aromatic ring is 1. The summed E-state index contributed by atoms with van der Waals surface area (Å²) in [5, 5.41) is 12.0. The predicted molar refractivity (Wildman–Crippen MR) is 149 cm³/mol. The Kier molecular flexibility index (Phi) is 6.93. The van der Waals surface area contributed by atoms with E-state index in [1.807, 2.05) is 4.90 Å². The summed E-state index contributed by atoms with van der Waals surface area (Å²) in [5.74, 6) is -0.738. The van der Waals surface area contributed by atoms with Gasteiger partial charge in [-0.1, -0.05) is 0 Å². The third-order valence-electron chi connectivity index (χ3n) is 8.05. The lowest BCUT2D eigenvalue weighted by Crippen LogP contribution is -2.35. The Hall–Kier alpha value is -3.05. The number of alkyl halides is 1. The summed E-state index contributed by atoms with van der Waals surface area (Å²) in [6.07, 6.45) is 4.98. The van der Waals surface area contributed by atoms with Crippen LogP contribution in [0.1, 0.15) is 49.4 Å². The van der Waals surface area contributed by atoms with Gasteiger partial charge in [-0.15, -0.1) is 0 Å². The van der Waals surface area contributed by atoms with E-state index in [0.717, 1.165) is 25.9 Å². The van der Waals surface area contributed by atoms with Crippen LogP contribution in [-0.2, 0) is 10.0 Å². The molecule has 2 saturated heterocycles. The lowest BCUT2D eigenvalue weighted by atomic mass is 9.93. The molecule has 1 amide bonds. The fourth-order valence-electron chi connectivity index (χ4n) is 5.52. The number of aliphatic hydroxyl groups excluding tert-OH is 1. The van der Waals surface area contributed by atoms with Gasteiger partial charge in [-0.25, -0.2) is 12.8 Å². The fourth-order valence-corrected chi connectivity index (χ4v) is 6.35. The largest absolute Gasteiger partial charge is 0.397 e. The number of nitrogens with zero attached hydrogens (tertiary/aromatic N) is 2. The average molecular weight is 546 g/mol. The average Bonchev–Trinajstić information content (AvgIpc) is 3.51. The third-order valence-corrected chi connectivity index (χ3v) is 9.32. The van der Waals surface area contributed by atoms with Crippen molar-refractivity contribution < 1.29 is 22.7 Å². The van der Waals surface area contributed by atoms with Crippen LogP contribution in [0.3, 0.4) is 0 Å². The molecule has 1 saturated carbocycles. The molecule has 3 aliphatic rings. The molecule has 206 valence electrons. The van der Waals surface area contributed by atoms with Crippen molar-refractivity contribution >= 4 is 44.4 Å². The second-order valence-electron chi connectivity index (χ2n) is 11.2. The van der Waals surface area contributed by atoms with Crippen LogP contribution in [0.4, 0.5) is 32.8 Å². The van der Waals surface area contributed by atoms with E-state index in [-0.39, 0.29) is 12.5 Å². The molecule has 11 heteroatoms. The van der Waals surface area contributed by atoms with Gasteiger partial charge in [-0.3, -0.25) is 9.52 Å². The van der Waals surface area contributed by atoms with E-state index in [1.165, 1.54) is 12.8 Å². The van der Waals surface area contributed by atoms with Gasteiger partial charge in [0.05, 0.1) is 47.2 Å². The van der Waals surface area contributed by atoms with Crippen LogP contribution in [0.2, 0.25) is 0 Å². The number of benzene rings is 2. The molecule has 2 aromatic rings. The Morgan fingerprint density at radius 3 is 2.29 bits per heavy atom. The van der Waals surface area contributed by atoms with Gasteiger partial charge in [-0.2, -0.15) is 0 Å². The zero-order valence-electron chi connectivity index (χ0n) is 21.7. The first-order chi connectivity index (χ1) is 18.0. The second-order valence-corrected chi connectivity index (χ2v) is 13.0. The van der Waals surface area contributed by atoms with Gasteiger partial charge in [0, 0.05) is 31.7 Å². The molecule has 1 atom stereocenters. The summed E-state index contributed by atoms with van der Waals surface area (Å²) in [6.45, 7) is 3.45. The molecule has 1 spiro atoms. The van der Waals surface area contributed by atoms with Crippen molar-refractivity contribution in [3.05, 3.63) is 42.0 Å². The number of rotatable bonds is 8. The standard InChI is InChI=1S/C27H36FN5O4S/c1-26(28)8-11-33(18-26)24-16-19(3-5-22(24)29)30-25(35)21-4-2-20(31-38(36,37)15-14-34)17-23(21)32-12-9-27(6-7-27)10-13-32/h2-5,16-17,31,34H,6-15,18,29H2,1H3,(H,30,35). The van der Waals surface area contributed by atoms with Crippen molar-refractivity contribution in [1.29, 1.82) is 0 Å². The molecule has 5 N–H and O–H groups in total. The maximum absolute atomic E-state index is 14.5. The topological polar surface area (TPSA) is 128 Å². The number of hydrogen-bond donors (Lipinski definition) is 4. The normalized spacial score (nSPS) is 22.5. The van der Waals surface area contributed by atoms with Crippen molar-refractivity contribution in [3.63, 3.8) is 0 Å². The van der Waals surface area contributed by atoms with Crippen LogP contribution >= 0.6 is 0 Å². The first kappa shape index (κ1) is 26.6. The number of carbonyl (C=O) groups is 1. The van der Waals surface area contributed by atoms with Crippen LogP contribution in [0.25, 0.3) is 0 Å². The molecule has 1 unspecified atom stereocenters. The molecule has 3 fully saturated rings. The molecule has 0 aromatic heterocycles. The first-order valence-corrected chi connectivity index (χ1v) is 14.8. The van der Waals surface area contributed by atoms with E-state index in [0.29, 0.717) is 52.4 Å². The number of aliphatic hydroxyl groups is 1. The van der Waals surface area contributed by atoms with Gasteiger partial charge in [0.1, 0.15) is 5.67 Å². The SMILES string of the molecule is CC1(F)CCN(c2cc(NC(=O)c3ccc(NS(=O)(=O)CCO)cc3N3CCC4(CC3)CC4)ccc2N)C1. The molecular formula is C27H36FN5O4S. The number of hydrogen-bond acceptors (Lipinski definition) is 7. The van der Waals surface area contributed by atoms with Crippen molar-refractivity contribution in [2.24, 2.45) is 5.41 Å². The molecule has 1 aliphatic carbocycles. The molecule has 5 rings (SSSR count). The summed E-state index contributed by atoms with van der Waals surface area (Å²) >= 11 is 0. The number of anilines is 5. The van der Waals surface area contributed by atoms with E-state index in [2.05, 4.69) is 14.9 Å². The van der Waals surface area contributed by atoms with Crippen molar-refractivity contribution in [2.75, 3.05) is 64.1 Å². The van der Waals surface area contributed by atoms with Crippen LogP contribution in [0, 0.1) is 5.41 Å². The number of amides is 1. The Labute approximate surface area is 223 Å². The zero-order chi connectivity index (χ0) is 27.1. The van der Waals surface area contributed by atoms with Crippen LogP contribution in [0.15, 0.2) is 36.4 Å². The highest BCUT2D eigenvalue weighted by molar-refractivity contribution is 7.92. The van der Waals surface area contributed by atoms with Gasteiger partial charge in [0.25, 0.3) is 5.91 Å². The Morgan fingerprint density at radius 1 is 1.00 bits per heavy atom. The van der Waals surface area contributed by atoms with Crippen LogP contribution in [-0.4, -0.2) is 63.6 Å². The number of sulfonamides is 1. The molecule has 2 heterocycles. The third kappa shape index (κ3) is 5.83. The number of piperidine rings is 1. The number of carbonyl (C=O) groups excluding carboxylic acids is 1. The first-order valence-electron chi connectivity index (χ1n) is 13.1. The minimum absolute atomic E-state index is 0.239. The highest BCUT2D eigenvalue weighted by Crippen LogP contribution is 2.54. The van der Waals surface area contributed by atoms with Gasteiger partial charge in [-0.05, 0) is 74.4 Å². The Bertz CT molecular complexity index is 1320. The summed E-state index contributed by atoms with van der Waals surface area (Å²) in [6, 6.07) is 10.1. The summed E-state index contributed by atoms with van der Waals surface area (Å²) < 4.78 is 41.4. The lowest BCUT2D eigenvalue weighted by molar-refractivity contribution is 0.102. The highest BCUT2D eigenvalue weighted by Gasteiger charge is 2.44. The Balaban J connectivity index is 1.40. The number of halogens is 1. The molecule has 0 bridgehead atoms. The number of nitrogens with two attached hydrogens (primary N) is 1. The maximum atomic E-state index is 14.5. The van der Waals surface area contributed by atoms with Gasteiger partial charge in [0.2, 0.25) is 10.0 Å². The molecule has 2 aliphatic heterocycles. The summed E-state index contributed by atoms with van der Waals surface area (Å²) in [7, 11) is -3.71. The summed E-state index contributed by atoms with van der Waals surface area (Å²) in [5.41, 5.74) is 8.51. The number of nitrogens with one attached hydrogen (secondary N) is 2. The van der Waals surface area contributed by atoms with Crippen molar-refractivity contribution in [3.8, 4) is 0 Å². The predicted octanol–water partition coefficient (Wildman–Crippen LogP) is 3.57. The van der Waals surface area contributed by atoms with Crippen molar-refractivity contribution in [2.45, 2.75) is 44.7 Å². The lowest BCUT2D eigenvalue weighted by Gasteiger charge is -2.35. The second kappa shape index (κ2) is 9.92. The zero-order valence-corrected chi connectivity index (χ0v) is 22.5. The molecule has 0 radical (unpaired) electrons. The Morgan fingerprint density at radius 2 is 1.66 bits per heavy atom. The highest BCUT2D eigenvalue weighted by atomic mass is 32.2. The summed E-state index contributed by atoms with van der Waals surface area (Å²) in [4.78, 5) is 17.6. The van der Waals surface area contributed by atoms with Gasteiger partial charge in [0.15, 0.2) is 0 Å². The van der Waals surface area contributed by atoms with Gasteiger partial charge >= 0.3 is 0 Å². The van der Waals surface area contributed by atoms with Crippen LogP contribution < -0.4 is 25.6 Å².